The quantitative estimate of drug-likeness (QED) is 0.804. The first-order valence-corrected chi connectivity index (χ1v) is 5.34. The minimum absolute atomic E-state index is 0.385. The van der Waals surface area contributed by atoms with Gasteiger partial charge in [0.2, 0.25) is 11.7 Å². The third-order valence-corrected chi connectivity index (χ3v) is 2.26. The molecule has 2 aromatic heterocycles. The summed E-state index contributed by atoms with van der Waals surface area (Å²) in [6.07, 6.45) is 0.878. The maximum absolute atomic E-state index is 8.48. The average Bonchev–Trinajstić information content (AvgIpc) is 2.73. The molecule has 0 fully saturated rings. The van der Waals surface area contributed by atoms with Crippen molar-refractivity contribution >= 4 is 0 Å². The van der Waals surface area contributed by atoms with Gasteiger partial charge in [-0.15, -0.1) is 0 Å². The van der Waals surface area contributed by atoms with Crippen LogP contribution in [0.2, 0.25) is 0 Å². The third-order valence-electron chi connectivity index (χ3n) is 2.26. The fourth-order valence-corrected chi connectivity index (χ4v) is 1.60. The van der Waals surface area contributed by atoms with Crippen molar-refractivity contribution in [3.8, 4) is 17.5 Å². The van der Waals surface area contributed by atoms with Gasteiger partial charge in [-0.25, -0.2) is 0 Å². The van der Waals surface area contributed by atoms with Crippen molar-refractivity contribution in [1.82, 2.24) is 15.1 Å². The molecule has 2 rings (SSSR count). The minimum atomic E-state index is 0.385. The normalized spacial score (nSPS) is 10.2. The van der Waals surface area contributed by atoms with Crippen molar-refractivity contribution < 1.29 is 4.52 Å². The minimum Gasteiger partial charge on any atom is -0.339 e. The van der Waals surface area contributed by atoms with Crippen LogP contribution in [0, 0.1) is 25.2 Å². The zero-order chi connectivity index (χ0) is 12.3. The van der Waals surface area contributed by atoms with E-state index < -0.39 is 0 Å². The van der Waals surface area contributed by atoms with Crippen molar-refractivity contribution in [2.24, 2.45) is 0 Å². The Labute approximate surface area is 99.1 Å². The number of aryl methyl sites for hydroxylation is 3. The van der Waals surface area contributed by atoms with Crippen LogP contribution in [0.15, 0.2) is 16.7 Å². The molecule has 17 heavy (non-hydrogen) atoms. The molecular formula is C12H12N4O. The molecule has 0 aliphatic heterocycles. The monoisotopic (exact) mass is 228 g/mol. The second-order valence-corrected chi connectivity index (χ2v) is 3.81. The molecule has 0 atom stereocenters. The maximum atomic E-state index is 8.48. The second-order valence-electron chi connectivity index (χ2n) is 3.81. The number of aromatic nitrogens is 3. The lowest BCUT2D eigenvalue weighted by Crippen LogP contribution is -1.90. The molecule has 2 aromatic rings. The average molecular weight is 228 g/mol. The topological polar surface area (TPSA) is 75.6 Å². The summed E-state index contributed by atoms with van der Waals surface area (Å²) < 4.78 is 5.07. The molecule has 0 saturated heterocycles. The number of nitriles is 1. The van der Waals surface area contributed by atoms with Gasteiger partial charge >= 0.3 is 0 Å². The zero-order valence-electron chi connectivity index (χ0n) is 9.77. The third kappa shape index (κ3) is 2.67. The Balaban J connectivity index is 2.27. The zero-order valence-corrected chi connectivity index (χ0v) is 9.77. The molecule has 2 heterocycles. The van der Waals surface area contributed by atoms with Crippen LogP contribution in [0.4, 0.5) is 0 Å². The van der Waals surface area contributed by atoms with Crippen LogP contribution in [-0.2, 0) is 6.42 Å². The predicted octanol–water partition coefficient (Wildman–Crippen LogP) is 2.20. The highest BCUT2D eigenvalue weighted by Gasteiger charge is 2.09. The molecule has 0 N–H and O–H groups in total. The number of nitrogens with zero attached hydrogens (tertiary/aromatic N) is 4. The SMILES string of the molecule is Cc1cc(-c2noc(CCC#N)n2)cc(C)n1. The molecule has 5 heteroatoms. The highest BCUT2D eigenvalue weighted by Crippen LogP contribution is 2.17. The van der Waals surface area contributed by atoms with Crippen molar-refractivity contribution in [2.45, 2.75) is 26.7 Å². The molecule has 0 radical (unpaired) electrons. The van der Waals surface area contributed by atoms with E-state index in [4.69, 9.17) is 9.78 Å². The Morgan fingerprint density at radius 2 is 1.94 bits per heavy atom. The number of hydrogen-bond acceptors (Lipinski definition) is 5. The fourth-order valence-electron chi connectivity index (χ4n) is 1.60. The van der Waals surface area contributed by atoms with E-state index in [1.807, 2.05) is 32.0 Å². The summed E-state index contributed by atoms with van der Waals surface area (Å²) in [5.41, 5.74) is 2.73. The van der Waals surface area contributed by atoms with Crippen molar-refractivity contribution in [3.63, 3.8) is 0 Å². The van der Waals surface area contributed by atoms with E-state index in [1.54, 1.807) is 0 Å². The van der Waals surface area contributed by atoms with Gasteiger partial charge in [0.25, 0.3) is 0 Å². The summed E-state index contributed by atoms with van der Waals surface area (Å²) in [4.78, 5) is 8.53. The lowest BCUT2D eigenvalue weighted by molar-refractivity contribution is 0.380. The second kappa shape index (κ2) is 4.74. The van der Waals surface area contributed by atoms with Crippen LogP contribution in [0.1, 0.15) is 23.7 Å². The summed E-state index contributed by atoms with van der Waals surface area (Å²) in [5.74, 6) is 1.04. The van der Waals surface area contributed by atoms with Crippen molar-refractivity contribution in [2.75, 3.05) is 0 Å². The van der Waals surface area contributed by atoms with Gasteiger partial charge in [-0.2, -0.15) is 10.2 Å². The van der Waals surface area contributed by atoms with Crippen LogP contribution in [0.5, 0.6) is 0 Å². The van der Waals surface area contributed by atoms with E-state index in [-0.39, 0.29) is 0 Å². The smallest absolute Gasteiger partial charge is 0.227 e. The van der Waals surface area contributed by atoms with Crippen molar-refractivity contribution in [1.29, 1.82) is 5.26 Å². The Hall–Kier alpha value is -2.22. The van der Waals surface area contributed by atoms with Gasteiger partial charge in [0.1, 0.15) is 0 Å². The lowest BCUT2D eigenvalue weighted by Gasteiger charge is -1.98. The number of pyridine rings is 1. The molecule has 86 valence electrons. The molecule has 0 bridgehead atoms. The summed E-state index contributed by atoms with van der Waals surface area (Å²) in [6.45, 7) is 3.85. The lowest BCUT2D eigenvalue weighted by atomic mass is 10.2. The molecule has 0 saturated carbocycles. The van der Waals surface area contributed by atoms with Crippen LogP contribution in [-0.4, -0.2) is 15.1 Å². The van der Waals surface area contributed by atoms with Crippen LogP contribution in [0.3, 0.4) is 0 Å². The van der Waals surface area contributed by atoms with Gasteiger partial charge in [-0.1, -0.05) is 5.16 Å². The summed E-state index contributed by atoms with van der Waals surface area (Å²) in [5, 5.41) is 12.4. The highest BCUT2D eigenvalue weighted by molar-refractivity contribution is 5.55. The molecule has 0 aliphatic rings. The van der Waals surface area contributed by atoms with Gasteiger partial charge in [-0.3, -0.25) is 4.98 Å². The largest absolute Gasteiger partial charge is 0.339 e. The molecular weight excluding hydrogens is 216 g/mol. The van der Waals surface area contributed by atoms with Crippen LogP contribution >= 0.6 is 0 Å². The summed E-state index contributed by atoms with van der Waals surface area (Å²) >= 11 is 0. The van der Waals surface area contributed by atoms with E-state index in [2.05, 4.69) is 15.1 Å². The first-order valence-electron chi connectivity index (χ1n) is 5.34. The molecule has 0 unspecified atom stereocenters. The summed E-state index contributed by atoms with van der Waals surface area (Å²) in [6, 6.07) is 5.86. The standard InChI is InChI=1S/C12H12N4O/c1-8-6-10(7-9(2)14-8)12-15-11(17-16-12)4-3-5-13/h6-7H,3-4H2,1-2H3. The van der Waals surface area contributed by atoms with E-state index in [1.165, 1.54) is 0 Å². The molecule has 0 spiro atoms. The first kappa shape index (κ1) is 11.3. The van der Waals surface area contributed by atoms with Gasteiger partial charge in [0.05, 0.1) is 6.07 Å². The van der Waals surface area contributed by atoms with E-state index in [0.29, 0.717) is 24.6 Å². The van der Waals surface area contributed by atoms with E-state index in [0.717, 1.165) is 17.0 Å². The number of hydrogen-bond donors (Lipinski definition) is 0. The van der Waals surface area contributed by atoms with Gasteiger partial charge in [-0.05, 0) is 26.0 Å². The molecule has 0 amide bonds. The number of rotatable bonds is 3. The Morgan fingerprint density at radius 3 is 2.59 bits per heavy atom. The Bertz CT molecular complexity index is 548. The Morgan fingerprint density at radius 1 is 1.24 bits per heavy atom. The molecule has 0 aromatic carbocycles. The van der Waals surface area contributed by atoms with Gasteiger partial charge in [0, 0.05) is 29.8 Å². The Kier molecular flexibility index (Phi) is 3.15. The first-order chi connectivity index (χ1) is 8.19. The van der Waals surface area contributed by atoms with Gasteiger partial charge in [0.15, 0.2) is 0 Å². The summed E-state index contributed by atoms with van der Waals surface area (Å²) in [7, 11) is 0. The highest BCUT2D eigenvalue weighted by atomic mass is 16.5. The predicted molar refractivity (Wildman–Crippen MR) is 60.9 cm³/mol. The molecule has 0 aliphatic carbocycles. The van der Waals surface area contributed by atoms with Crippen LogP contribution < -0.4 is 0 Å². The van der Waals surface area contributed by atoms with E-state index >= 15 is 0 Å². The van der Waals surface area contributed by atoms with Gasteiger partial charge < -0.3 is 4.52 Å². The molecule has 5 nitrogen and oxygen atoms in total. The van der Waals surface area contributed by atoms with Crippen molar-refractivity contribution in [3.05, 3.63) is 29.4 Å². The van der Waals surface area contributed by atoms with E-state index in [9.17, 15) is 0 Å². The fraction of sp³-hybridized carbons (Fsp3) is 0.333. The van der Waals surface area contributed by atoms with Crippen LogP contribution in [0.25, 0.3) is 11.4 Å². The maximum Gasteiger partial charge on any atom is 0.227 e.